The van der Waals surface area contributed by atoms with Gasteiger partial charge in [0.2, 0.25) is 0 Å². The first-order valence-electron chi connectivity index (χ1n) is 5.62. The molecule has 2 rings (SSSR count). The molecular weight excluding hydrogens is 308 g/mol. The Morgan fingerprint density at radius 1 is 1.00 bits per heavy atom. The molecule has 0 spiro atoms. The van der Waals surface area contributed by atoms with Gasteiger partial charge in [0, 0.05) is 26.7 Å². The molecule has 1 nitrogen and oxygen atoms in total. The van der Waals surface area contributed by atoms with Crippen LogP contribution in [0.4, 0.5) is 4.39 Å². The average Bonchev–Trinajstić information content (AvgIpc) is 2.35. The number of benzene rings is 2. The van der Waals surface area contributed by atoms with E-state index in [0.717, 1.165) is 5.56 Å². The second-order valence-electron chi connectivity index (χ2n) is 4.21. The summed E-state index contributed by atoms with van der Waals surface area (Å²) in [6.45, 7) is 0. The summed E-state index contributed by atoms with van der Waals surface area (Å²) < 4.78 is 13.7. The molecule has 0 amide bonds. The standard InChI is InChI=1S/C14H11Cl3FN/c15-9-3-4-13(18)11(6-9)14(19)5-8-1-2-10(16)7-12(8)17/h1-4,6-7,14H,5,19H2. The fourth-order valence-electron chi connectivity index (χ4n) is 1.83. The predicted octanol–water partition coefficient (Wildman–Crippen LogP) is 5.03. The van der Waals surface area contributed by atoms with Gasteiger partial charge in [-0.1, -0.05) is 40.9 Å². The lowest BCUT2D eigenvalue weighted by atomic mass is 9.99. The Bertz CT molecular complexity index is 601. The zero-order chi connectivity index (χ0) is 14.0. The van der Waals surface area contributed by atoms with Crippen LogP contribution in [0, 0.1) is 5.82 Å². The molecule has 0 aliphatic heterocycles. The molecule has 2 aromatic carbocycles. The van der Waals surface area contributed by atoms with Crippen LogP contribution in [0.15, 0.2) is 36.4 Å². The summed E-state index contributed by atoms with van der Waals surface area (Å²) in [7, 11) is 0. The first-order chi connectivity index (χ1) is 8.97. The quantitative estimate of drug-likeness (QED) is 0.844. The Morgan fingerprint density at radius 2 is 1.63 bits per heavy atom. The minimum Gasteiger partial charge on any atom is -0.324 e. The SMILES string of the molecule is NC(Cc1ccc(Cl)cc1Cl)c1cc(Cl)ccc1F. The largest absolute Gasteiger partial charge is 0.324 e. The lowest BCUT2D eigenvalue weighted by Crippen LogP contribution is -2.15. The highest BCUT2D eigenvalue weighted by atomic mass is 35.5. The summed E-state index contributed by atoms with van der Waals surface area (Å²) in [5, 5.41) is 1.52. The van der Waals surface area contributed by atoms with Crippen LogP contribution in [0.1, 0.15) is 17.2 Å². The summed E-state index contributed by atoms with van der Waals surface area (Å²) in [6, 6.07) is 8.96. The Hall–Kier alpha value is -0.800. The number of nitrogens with two attached hydrogens (primary N) is 1. The Balaban J connectivity index is 2.25. The second kappa shape index (κ2) is 6.10. The van der Waals surface area contributed by atoms with Crippen LogP contribution in [0.3, 0.4) is 0 Å². The molecule has 5 heteroatoms. The third kappa shape index (κ3) is 3.61. The fourth-order valence-corrected chi connectivity index (χ4v) is 2.50. The molecule has 0 fully saturated rings. The van der Waals surface area contributed by atoms with Gasteiger partial charge in [-0.05, 0) is 42.3 Å². The lowest BCUT2D eigenvalue weighted by Gasteiger charge is -2.14. The average molecular weight is 319 g/mol. The van der Waals surface area contributed by atoms with Gasteiger partial charge in [0.25, 0.3) is 0 Å². The van der Waals surface area contributed by atoms with E-state index in [1.807, 2.05) is 0 Å². The lowest BCUT2D eigenvalue weighted by molar-refractivity contribution is 0.580. The first-order valence-corrected chi connectivity index (χ1v) is 6.75. The summed E-state index contributed by atoms with van der Waals surface area (Å²) in [6.07, 6.45) is 0.410. The Kier molecular flexibility index (Phi) is 4.69. The maximum Gasteiger partial charge on any atom is 0.128 e. The van der Waals surface area contributed by atoms with Crippen LogP contribution in [0.2, 0.25) is 15.1 Å². The molecule has 2 N–H and O–H groups in total. The number of hydrogen-bond donors (Lipinski definition) is 1. The van der Waals surface area contributed by atoms with E-state index in [1.165, 1.54) is 18.2 Å². The van der Waals surface area contributed by atoms with Crippen LogP contribution in [0.5, 0.6) is 0 Å². The van der Waals surface area contributed by atoms with Gasteiger partial charge >= 0.3 is 0 Å². The van der Waals surface area contributed by atoms with Gasteiger partial charge in [-0.15, -0.1) is 0 Å². The van der Waals surface area contributed by atoms with Crippen molar-refractivity contribution in [1.29, 1.82) is 0 Å². The number of halogens is 4. The highest BCUT2D eigenvalue weighted by molar-refractivity contribution is 6.35. The van der Waals surface area contributed by atoms with Gasteiger partial charge in [0.05, 0.1) is 0 Å². The molecule has 0 aliphatic rings. The predicted molar refractivity (Wildman–Crippen MR) is 78.5 cm³/mol. The van der Waals surface area contributed by atoms with Crippen molar-refractivity contribution in [2.24, 2.45) is 5.73 Å². The van der Waals surface area contributed by atoms with Crippen molar-refractivity contribution < 1.29 is 4.39 Å². The molecule has 0 aromatic heterocycles. The molecule has 0 saturated heterocycles. The highest BCUT2D eigenvalue weighted by Crippen LogP contribution is 2.27. The van der Waals surface area contributed by atoms with Crippen LogP contribution in [-0.4, -0.2) is 0 Å². The van der Waals surface area contributed by atoms with Gasteiger partial charge in [-0.25, -0.2) is 4.39 Å². The van der Waals surface area contributed by atoms with E-state index in [9.17, 15) is 4.39 Å². The summed E-state index contributed by atoms with van der Waals surface area (Å²) in [4.78, 5) is 0. The molecule has 1 unspecified atom stereocenters. The molecule has 0 heterocycles. The van der Waals surface area contributed by atoms with E-state index in [0.29, 0.717) is 27.1 Å². The Labute approximate surface area is 126 Å². The molecule has 0 aliphatic carbocycles. The van der Waals surface area contributed by atoms with E-state index >= 15 is 0 Å². The third-order valence-electron chi connectivity index (χ3n) is 2.81. The maximum absolute atomic E-state index is 13.7. The van der Waals surface area contributed by atoms with E-state index in [2.05, 4.69) is 0 Å². The molecule has 0 bridgehead atoms. The van der Waals surface area contributed by atoms with Crippen LogP contribution < -0.4 is 5.73 Å². The third-order valence-corrected chi connectivity index (χ3v) is 3.63. The normalized spacial score (nSPS) is 12.5. The molecule has 19 heavy (non-hydrogen) atoms. The van der Waals surface area contributed by atoms with Crippen LogP contribution in [0.25, 0.3) is 0 Å². The smallest absolute Gasteiger partial charge is 0.128 e. The minimum atomic E-state index is -0.516. The van der Waals surface area contributed by atoms with Gasteiger partial charge in [0.15, 0.2) is 0 Å². The molecular formula is C14H11Cl3FN. The topological polar surface area (TPSA) is 26.0 Å². The first kappa shape index (κ1) is 14.6. The number of hydrogen-bond acceptors (Lipinski definition) is 1. The fraction of sp³-hybridized carbons (Fsp3) is 0.143. The monoisotopic (exact) mass is 317 g/mol. The summed E-state index contributed by atoms with van der Waals surface area (Å²) >= 11 is 17.7. The highest BCUT2D eigenvalue weighted by Gasteiger charge is 2.14. The van der Waals surface area contributed by atoms with Crippen molar-refractivity contribution in [1.82, 2.24) is 0 Å². The van der Waals surface area contributed by atoms with Crippen LogP contribution in [-0.2, 0) is 6.42 Å². The zero-order valence-electron chi connectivity index (χ0n) is 9.84. The maximum atomic E-state index is 13.7. The summed E-state index contributed by atoms with van der Waals surface area (Å²) in [5.74, 6) is -0.373. The van der Waals surface area contributed by atoms with Crippen molar-refractivity contribution >= 4 is 34.8 Å². The van der Waals surface area contributed by atoms with Gasteiger partial charge in [0.1, 0.15) is 5.82 Å². The van der Waals surface area contributed by atoms with Gasteiger partial charge in [-0.3, -0.25) is 0 Å². The van der Waals surface area contributed by atoms with E-state index < -0.39 is 6.04 Å². The van der Waals surface area contributed by atoms with Gasteiger partial charge in [-0.2, -0.15) is 0 Å². The second-order valence-corrected chi connectivity index (χ2v) is 5.49. The van der Waals surface area contributed by atoms with Crippen molar-refractivity contribution in [2.75, 3.05) is 0 Å². The van der Waals surface area contributed by atoms with E-state index in [-0.39, 0.29) is 5.82 Å². The van der Waals surface area contributed by atoms with Crippen molar-refractivity contribution in [3.05, 3.63) is 68.4 Å². The number of rotatable bonds is 3. The molecule has 1 atom stereocenters. The minimum absolute atomic E-state index is 0.373. The van der Waals surface area contributed by atoms with Crippen LogP contribution >= 0.6 is 34.8 Å². The van der Waals surface area contributed by atoms with Crippen molar-refractivity contribution in [3.8, 4) is 0 Å². The molecule has 0 saturated carbocycles. The molecule has 100 valence electrons. The Morgan fingerprint density at radius 3 is 2.32 bits per heavy atom. The van der Waals surface area contributed by atoms with E-state index in [4.69, 9.17) is 40.5 Å². The summed E-state index contributed by atoms with van der Waals surface area (Å²) in [5.41, 5.74) is 7.20. The van der Waals surface area contributed by atoms with Gasteiger partial charge < -0.3 is 5.73 Å². The van der Waals surface area contributed by atoms with E-state index in [1.54, 1.807) is 18.2 Å². The molecule has 0 radical (unpaired) electrons. The molecule has 2 aromatic rings. The zero-order valence-corrected chi connectivity index (χ0v) is 12.1. The van der Waals surface area contributed by atoms with Crippen molar-refractivity contribution in [2.45, 2.75) is 12.5 Å². The van der Waals surface area contributed by atoms with Crippen molar-refractivity contribution in [3.63, 3.8) is 0 Å².